The molecule has 136 valence electrons. The third-order valence-corrected chi connectivity index (χ3v) is 4.23. The van der Waals surface area contributed by atoms with Gasteiger partial charge in [-0.2, -0.15) is 5.26 Å². The van der Waals surface area contributed by atoms with Gasteiger partial charge in [0.2, 0.25) is 0 Å². The van der Waals surface area contributed by atoms with Crippen molar-refractivity contribution in [3.05, 3.63) is 114 Å². The first kappa shape index (κ1) is 20.2. The Morgan fingerprint density at radius 3 is 2.41 bits per heavy atom. The quantitative estimate of drug-likeness (QED) is 0.432. The normalized spacial score (nSPS) is 11.7. The Morgan fingerprint density at radius 1 is 1.04 bits per heavy atom. The van der Waals surface area contributed by atoms with Crippen LogP contribution in [0.2, 0.25) is 0 Å². The van der Waals surface area contributed by atoms with Gasteiger partial charge < -0.3 is 5.32 Å². The minimum absolute atomic E-state index is 0.697. The minimum Gasteiger partial charge on any atom is -0.313 e. The van der Waals surface area contributed by atoms with Gasteiger partial charge in [0.15, 0.2) is 0 Å². The molecule has 2 rings (SSSR count). The first-order chi connectivity index (χ1) is 13.3. The third-order valence-electron chi connectivity index (χ3n) is 4.23. The van der Waals surface area contributed by atoms with E-state index in [-0.39, 0.29) is 0 Å². The van der Waals surface area contributed by atoms with Crippen LogP contribution in [-0.4, -0.2) is 6.54 Å². The van der Waals surface area contributed by atoms with Crippen LogP contribution in [0, 0.1) is 11.3 Å². The lowest BCUT2D eigenvalue weighted by Gasteiger charge is -2.10. The van der Waals surface area contributed by atoms with E-state index < -0.39 is 0 Å². The molecule has 0 amide bonds. The molecule has 2 aromatic rings. The van der Waals surface area contributed by atoms with Gasteiger partial charge in [-0.05, 0) is 53.8 Å². The van der Waals surface area contributed by atoms with Crippen molar-refractivity contribution in [3.63, 3.8) is 0 Å². The molecule has 0 heterocycles. The smallest absolute Gasteiger partial charge is 0.0991 e. The molecule has 0 atom stereocenters. The van der Waals surface area contributed by atoms with E-state index in [1.54, 1.807) is 6.08 Å². The van der Waals surface area contributed by atoms with Gasteiger partial charge in [-0.3, -0.25) is 0 Å². The second-order valence-electron chi connectivity index (χ2n) is 6.17. The summed E-state index contributed by atoms with van der Waals surface area (Å²) in [4.78, 5) is 0. The Hall–Kier alpha value is -3.15. The van der Waals surface area contributed by atoms with E-state index in [4.69, 9.17) is 5.26 Å². The summed E-state index contributed by atoms with van der Waals surface area (Å²) < 4.78 is 0. The van der Waals surface area contributed by atoms with E-state index in [0.717, 1.165) is 31.5 Å². The molecule has 1 N–H and O–H groups in total. The lowest BCUT2D eigenvalue weighted by Crippen LogP contribution is -2.14. The molecular weight excluding hydrogens is 328 g/mol. The molecule has 0 unspecified atom stereocenters. The van der Waals surface area contributed by atoms with Gasteiger partial charge in [0.05, 0.1) is 11.6 Å². The van der Waals surface area contributed by atoms with E-state index in [1.807, 2.05) is 42.5 Å². The average molecular weight is 354 g/mol. The Kier molecular flexibility index (Phi) is 8.56. The van der Waals surface area contributed by atoms with Crippen molar-refractivity contribution in [2.75, 3.05) is 6.54 Å². The summed E-state index contributed by atoms with van der Waals surface area (Å²) in [6.45, 7) is 9.50. The van der Waals surface area contributed by atoms with E-state index in [1.165, 1.54) is 16.7 Å². The molecule has 0 aliphatic rings. The molecule has 0 fully saturated rings. The summed E-state index contributed by atoms with van der Waals surface area (Å²) in [5.74, 6) is 0. The zero-order valence-corrected chi connectivity index (χ0v) is 15.7. The van der Waals surface area contributed by atoms with E-state index in [2.05, 4.69) is 54.9 Å². The molecule has 0 saturated carbocycles. The molecule has 0 aromatic heterocycles. The van der Waals surface area contributed by atoms with Crippen molar-refractivity contribution in [2.24, 2.45) is 0 Å². The molecule has 0 aliphatic carbocycles. The molecule has 0 aliphatic heterocycles. The Labute approximate surface area is 162 Å². The highest BCUT2D eigenvalue weighted by atomic mass is 14.8. The van der Waals surface area contributed by atoms with Gasteiger partial charge in [0.1, 0.15) is 0 Å². The number of unbranched alkanes of at least 4 members (excludes halogenated alkanes) is 1. The Bertz CT molecular complexity index is 834. The van der Waals surface area contributed by atoms with Gasteiger partial charge in [-0.15, -0.1) is 0 Å². The van der Waals surface area contributed by atoms with E-state index >= 15 is 0 Å². The average Bonchev–Trinajstić information content (AvgIpc) is 2.73. The lowest BCUT2D eigenvalue weighted by atomic mass is 9.96. The number of nitrogens with zero attached hydrogens (tertiary/aromatic N) is 1. The first-order valence-electron chi connectivity index (χ1n) is 9.19. The topological polar surface area (TPSA) is 35.8 Å². The lowest BCUT2D eigenvalue weighted by molar-refractivity contribution is 0.655. The van der Waals surface area contributed by atoms with E-state index in [0.29, 0.717) is 5.56 Å². The van der Waals surface area contributed by atoms with Crippen molar-refractivity contribution >= 4 is 5.57 Å². The van der Waals surface area contributed by atoms with Crippen molar-refractivity contribution in [2.45, 2.75) is 19.4 Å². The molecule has 27 heavy (non-hydrogen) atoms. The first-order valence-corrected chi connectivity index (χ1v) is 9.19. The fourth-order valence-electron chi connectivity index (χ4n) is 2.82. The number of allylic oxidation sites excluding steroid dienone is 6. The molecular formula is C25H26N2. The van der Waals surface area contributed by atoms with Crippen LogP contribution in [0.3, 0.4) is 0 Å². The second kappa shape index (κ2) is 11.5. The summed E-state index contributed by atoms with van der Waals surface area (Å²) in [5.41, 5.74) is 5.36. The largest absolute Gasteiger partial charge is 0.313 e. The molecule has 2 aromatic carbocycles. The predicted molar refractivity (Wildman–Crippen MR) is 115 cm³/mol. The number of nitriles is 1. The maximum absolute atomic E-state index is 8.83. The number of rotatable bonds is 10. The summed E-state index contributed by atoms with van der Waals surface area (Å²) >= 11 is 0. The standard InChI is InChI=1S/C25H26N2/c1-3-10-23(4-2)25(24-11-6-5-7-12-24)13-8-9-18-27-20-22-16-14-21(19-26)15-17-22/h3-7,10-17,27H,1-2,8-9,18,20H2. The second-order valence-corrected chi connectivity index (χ2v) is 6.17. The van der Waals surface area contributed by atoms with Crippen LogP contribution in [0.25, 0.3) is 5.57 Å². The Balaban J connectivity index is 1.90. The molecule has 2 heteroatoms. The van der Waals surface area contributed by atoms with Crippen LogP contribution < -0.4 is 5.32 Å². The van der Waals surface area contributed by atoms with Gasteiger partial charge in [-0.25, -0.2) is 0 Å². The van der Waals surface area contributed by atoms with Crippen LogP contribution in [0.1, 0.15) is 29.5 Å². The van der Waals surface area contributed by atoms with Crippen LogP contribution in [0.4, 0.5) is 0 Å². The molecule has 2 nitrogen and oxygen atoms in total. The summed E-state index contributed by atoms with van der Waals surface area (Å²) in [7, 11) is 0. The van der Waals surface area contributed by atoms with Crippen LogP contribution in [-0.2, 0) is 6.54 Å². The Morgan fingerprint density at radius 2 is 1.78 bits per heavy atom. The van der Waals surface area contributed by atoms with Crippen molar-refractivity contribution < 1.29 is 0 Å². The van der Waals surface area contributed by atoms with Crippen LogP contribution >= 0.6 is 0 Å². The highest BCUT2D eigenvalue weighted by molar-refractivity contribution is 5.81. The number of benzene rings is 2. The monoisotopic (exact) mass is 354 g/mol. The van der Waals surface area contributed by atoms with Gasteiger partial charge >= 0.3 is 0 Å². The van der Waals surface area contributed by atoms with Crippen molar-refractivity contribution in [1.29, 1.82) is 5.26 Å². The maximum Gasteiger partial charge on any atom is 0.0991 e. The highest BCUT2D eigenvalue weighted by Crippen LogP contribution is 2.24. The van der Waals surface area contributed by atoms with Gasteiger partial charge in [0.25, 0.3) is 0 Å². The third kappa shape index (κ3) is 6.58. The van der Waals surface area contributed by atoms with Crippen molar-refractivity contribution in [1.82, 2.24) is 5.32 Å². The number of hydrogen-bond donors (Lipinski definition) is 1. The molecule has 0 radical (unpaired) electrons. The highest BCUT2D eigenvalue weighted by Gasteiger charge is 2.04. The van der Waals surface area contributed by atoms with E-state index in [9.17, 15) is 0 Å². The molecule has 0 saturated heterocycles. The van der Waals surface area contributed by atoms with Gasteiger partial charge in [-0.1, -0.05) is 79.9 Å². The maximum atomic E-state index is 8.83. The summed E-state index contributed by atoms with van der Waals surface area (Å²) in [6, 6.07) is 20.2. The van der Waals surface area contributed by atoms with Gasteiger partial charge in [0, 0.05) is 6.54 Å². The summed E-state index contributed by atoms with van der Waals surface area (Å²) in [5, 5.41) is 12.3. The number of nitrogens with one attached hydrogen (secondary N) is 1. The summed E-state index contributed by atoms with van der Waals surface area (Å²) in [6.07, 6.45) is 9.97. The molecule has 0 spiro atoms. The SMILES string of the molecule is C=CC=C(C=C)C(=CCCCNCc1ccc(C#N)cc1)c1ccccc1. The van der Waals surface area contributed by atoms with Crippen LogP contribution in [0.15, 0.2) is 97.6 Å². The minimum atomic E-state index is 0.697. The molecule has 0 bridgehead atoms. The fourth-order valence-corrected chi connectivity index (χ4v) is 2.82. The zero-order chi connectivity index (χ0) is 19.3. The number of hydrogen-bond acceptors (Lipinski definition) is 2. The fraction of sp³-hybridized carbons (Fsp3) is 0.160. The van der Waals surface area contributed by atoms with Crippen molar-refractivity contribution in [3.8, 4) is 6.07 Å². The van der Waals surface area contributed by atoms with Crippen LogP contribution in [0.5, 0.6) is 0 Å². The zero-order valence-electron chi connectivity index (χ0n) is 15.7. The predicted octanol–water partition coefficient (Wildman–Crippen LogP) is 5.81.